The minimum absolute atomic E-state index is 0.00530. The second-order valence-electron chi connectivity index (χ2n) is 24.9. The van der Waals surface area contributed by atoms with Gasteiger partial charge in [0, 0.05) is 12.8 Å². The van der Waals surface area contributed by atoms with Gasteiger partial charge in [-0.2, -0.15) is 0 Å². The van der Waals surface area contributed by atoms with Crippen molar-refractivity contribution in [1.29, 1.82) is 0 Å². The molecule has 2 unspecified atom stereocenters. The van der Waals surface area contributed by atoms with E-state index < -0.39 is 12.1 Å². The molecular weight excluding hydrogens is 983 g/mol. The topological polar surface area (TPSA) is 95.9 Å². The van der Waals surface area contributed by atoms with E-state index in [4.69, 9.17) is 4.74 Å². The van der Waals surface area contributed by atoms with Crippen LogP contribution in [0.15, 0.2) is 36.5 Å². The number of carbonyl (C=O) groups excluding carboxylic acids is 2. The van der Waals surface area contributed by atoms with Gasteiger partial charge in [-0.05, 0) is 83.5 Å². The van der Waals surface area contributed by atoms with Crippen LogP contribution in [0.25, 0.3) is 0 Å². The number of amides is 1. The molecule has 0 rings (SSSR count). The fourth-order valence-corrected chi connectivity index (χ4v) is 11.3. The van der Waals surface area contributed by atoms with Gasteiger partial charge in [0.15, 0.2) is 0 Å². The predicted octanol–water partition coefficient (Wildman–Crippen LogP) is 23.5. The number of rotatable bonds is 68. The molecule has 0 aromatic carbocycles. The van der Waals surface area contributed by atoms with Crippen LogP contribution in [0.2, 0.25) is 0 Å². The minimum Gasteiger partial charge on any atom is -0.466 e. The molecule has 0 aliphatic carbocycles. The van der Waals surface area contributed by atoms with Crippen LogP contribution in [0.4, 0.5) is 0 Å². The average molecular weight is 1120 g/mol. The Kier molecular flexibility index (Phi) is 67.9. The van der Waals surface area contributed by atoms with Gasteiger partial charge in [-0.3, -0.25) is 9.59 Å². The summed E-state index contributed by atoms with van der Waals surface area (Å²) in [7, 11) is 0. The van der Waals surface area contributed by atoms with Crippen LogP contribution in [0.3, 0.4) is 0 Å². The Morgan fingerprint density at radius 2 is 0.588 bits per heavy atom. The number of unbranched alkanes of at least 4 members (excludes halogenated alkanes) is 53. The van der Waals surface area contributed by atoms with Crippen molar-refractivity contribution in [2.75, 3.05) is 13.2 Å². The first-order chi connectivity index (χ1) is 39.5. The molecule has 2 atom stereocenters. The van der Waals surface area contributed by atoms with E-state index >= 15 is 0 Å². The molecule has 472 valence electrons. The molecule has 0 aliphatic heterocycles. The molecule has 6 nitrogen and oxygen atoms in total. The zero-order chi connectivity index (χ0) is 57.8. The van der Waals surface area contributed by atoms with Gasteiger partial charge in [0.25, 0.3) is 0 Å². The molecule has 0 spiro atoms. The Hall–Kier alpha value is -1.92. The summed E-state index contributed by atoms with van der Waals surface area (Å²) in [4.78, 5) is 24.6. The van der Waals surface area contributed by atoms with Crippen molar-refractivity contribution in [1.82, 2.24) is 5.32 Å². The molecule has 0 heterocycles. The zero-order valence-corrected chi connectivity index (χ0v) is 54.1. The van der Waals surface area contributed by atoms with Gasteiger partial charge in [0.1, 0.15) is 0 Å². The van der Waals surface area contributed by atoms with Gasteiger partial charge in [-0.15, -0.1) is 0 Å². The van der Waals surface area contributed by atoms with E-state index in [1.165, 1.54) is 327 Å². The highest BCUT2D eigenvalue weighted by Gasteiger charge is 2.18. The number of esters is 1. The number of allylic oxidation sites excluding steroid dienone is 5. The Morgan fingerprint density at radius 3 is 0.887 bits per heavy atom. The Balaban J connectivity index is 3.43. The van der Waals surface area contributed by atoms with Gasteiger partial charge in [0.05, 0.1) is 25.4 Å². The monoisotopic (exact) mass is 1120 g/mol. The second kappa shape index (κ2) is 69.6. The first-order valence-corrected chi connectivity index (χ1v) is 36.3. The predicted molar refractivity (Wildman–Crippen MR) is 352 cm³/mol. The van der Waals surface area contributed by atoms with Crippen molar-refractivity contribution in [3.63, 3.8) is 0 Å². The molecule has 0 aliphatic rings. The van der Waals surface area contributed by atoms with E-state index in [0.717, 1.165) is 44.9 Å². The van der Waals surface area contributed by atoms with Crippen LogP contribution >= 0.6 is 0 Å². The maximum absolute atomic E-state index is 12.5. The number of hydrogen-bond acceptors (Lipinski definition) is 5. The highest BCUT2D eigenvalue weighted by atomic mass is 16.5. The lowest BCUT2D eigenvalue weighted by Gasteiger charge is -2.20. The standard InChI is InChI=1S/C74H141NO5/c1-3-5-7-9-11-13-15-17-19-21-22-23-26-29-32-35-38-42-46-50-54-58-62-66-72(77)71(70-76)75-73(78)67-63-59-55-51-47-43-39-36-33-30-27-24-25-28-31-34-37-41-45-49-53-57-61-65-69-80-74(79)68-64-60-56-52-48-44-40-20-18-16-14-12-10-8-6-4-2/h20,27,30,40,62,66,71-72,76-77H,3-19,21-26,28-29,31-39,41-61,63-65,67-70H2,1-2H3,(H,75,78)/b30-27-,40-20-,66-62+. The number of ether oxygens (including phenoxy) is 1. The molecule has 0 fully saturated rings. The highest BCUT2D eigenvalue weighted by Crippen LogP contribution is 2.18. The van der Waals surface area contributed by atoms with Crippen LogP contribution < -0.4 is 5.32 Å². The van der Waals surface area contributed by atoms with Crippen molar-refractivity contribution < 1.29 is 24.5 Å². The van der Waals surface area contributed by atoms with E-state index in [-0.39, 0.29) is 18.5 Å². The summed E-state index contributed by atoms with van der Waals surface area (Å²) in [5.41, 5.74) is 0. The lowest BCUT2D eigenvalue weighted by molar-refractivity contribution is -0.143. The summed E-state index contributed by atoms with van der Waals surface area (Å²) in [6.45, 7) is 4.93. The van der Waals surface area contributed by atoms with Gasteiger partial charge in [-0.25, -0.2) is 0 Å². The molecule has 0 radical (unpaired) electrons. The number of carbonyl (C=O) groups is 2. The van der Waals surface area contributed by atoms with Crippen LogP contribution in [0, 0.1) is 0 Å². The molecule has 3 N–H and O–H groups in total. The minimum atomic E-state index is -0.849. The highest BCUT2D eigenvalue weighted by molar-refractivity contribution is 5.76. The number of aliphatic hydroxyl groups is 2. The van der Waals surface area contributed by atoms with Gasteiger partial charge < -0.3 is 20.3 Å². The van der Waals surface area contributed by atoms with E-state index in [9.17, 15) is 19.8 Å². The SMILES string of the molecule is CCCCCCCCC/C=C\CCCCCCCC(=O)OCCCCCCCCCCCCCC/C=C\CCCCCCCCCCC(=O)NC(CO)C(O)/C=C/CCCCCCCCCCCCCCCCCCCCCCC. The Morgan fingerprint density at radius 1 is 0.338 bits per heavy atom. The summed E-state index contributed by atoms with van der Waals surface area (Å²) >= 11 is 0. The largest absolute Gasteiger partial charge is 0.466 e. The quantitative estimate of drug-likeness (QED) is 0.0320. The van der Waals surface area contributed by atoms with Crippen molar-refractivity contribution >= 4 is 11.9 Å². The van der Waals surface area contributed by atoms with E-state index in [2.05, 4.69) is 43.5 Å². The molecule has 80 heavy (non-hydrogen) atoms. The van der Waals surface area contributed by atoms with E-state index in [1.54, 1.807) is 6.08 Å². The molecule has 0 saturated carbocycles. The normalized spacial score (nSPS) is 12.7. The van der Waals surface area contributed by atoms with E-state index in [1.807, 2.05) is 6.08 Å². The second-order valence-corrected chi connectivity index (χ2v) is 24.9. The van der Waals surface area contributed by atoms with Crippen LogP contribution in [0.1, 0.15) is 399 Å². The van der Waals surface area contributed by atoms with Crippen molar-refractivity contribution in [2.24, 2.45) is 0 Å². The lowest BCUT2D eigenvalue weighted by atomic mass is 10.0. The first-order valence-electron chi connectivity index (χ1n) is 36.3. The molecule has 0 saturated heterocycles. The summed E-state index contributed by atoms with van der Waals surface area (Å²) in [6, 6.07) is -0.633. The molecular formula is C74H141NO5. The summed E-state index contributed by atoms with van der Waals surface area (Å²) in [5.74, 6) is -0.0634. The van der Waals surface area contributed by atoms with Crippen LogP contribution in [-0.4, -0.2) is 47.4 Å². The fraction of sp³-hybridized carbons (Fsp3) is 0.892. The Bertz CT molecular complexity index is 1300. The number of aliphatic hydroxyl groups excluding tert-OH is 2. The molecule has 6 heteroatoms. The molecule has 0 aromatic heterocycles. The van der Waals surface area contributed by atoms with Crippen LogP contribution in [-0.2, 0) is 14.3 Å². The smallest absolute Gasteiger partial charge is 0.305 e. The number of nitrogens with one attached hydrogen (secondary N) is 1. The Labute approximate surface area is 500 Å². The van der Waals surface area contributed by atoms with Gasteiger partial charge >= 0.3 is 5.97 Å². The third-order valence-electron chi connectivity index (χ3n) is 16.9. The van der Waals surface area contributed by atoms with Crippen LogP contribution in [0.5, 0.6) is 0 Å². The third-order valence-corrected chi connectivity index (χ3v) is 16.9. The van der Waals surface area contributed by atoms with Crippen molar-refractivity contribution in [2.45, 2.75) is 411 Å². The van der Waals surface area contributed by atoms with E-state index in [0.29, 0.717) is 19.4 Å². The zero-order valence-electron chi connectivity index (χ0n) is 54.1. The fourth-order valence-electron chi connectivity index (χ4n) is 11.3. The maximum atomic E-state index is 12.5. The van der Waals surface area contributed by atoms with Gasteiger partial charge in [0.2, 0.25) is 5.91 Å². The lowest BCUT2D eigenvalue weighted by Crippen LogP contribution is -2.45. The summed E-state index contributed by atoms with van der Waals surface area (Å²) < 4.78 is 5.49. The van der Waals surface area contributed by atoms with Gasteiger partial charge in [-0.1, -0.05) is 339 Å². The maximum Gasteiger partial charge on any atom is 0.305 e. The molecule has 1 amide bonds. The molecule has 0 bridgehead atoms. The first kappa shape index (κ1) is 78.1. The van der Waals surface area contributed by atoms with Crippen molar-refractivity contribution in [3.05, 3.63) is 36.5 Å². The summed E-state index contributed by atoms with van der Waals surface area (Å²) in [6.07, 6.45) is 89.4. The van der Waals surface area contributed by atoms with Crippen molar-refractivity contribution in [3.8, 4) is 0 Å². The molecule has 0 aromatic rings. The third kappa shape index (κ3) is 65.2. The average Bonchev–Trinajstić information content (AvgIpc) is 3.46. The summed E-state index contributed by atoms with van der Waals surface area (Å²) in [5, 5.41) is 23.3. The number of hydrogen-bond donors (Lipinski definition) is 3.